The second kappa shape index (κ2) is 4.96. The molecule has 0 unspecified atom stereocenters. The summed E-state index contributed by atoms with van der Waals surface area (Å²) in [6.45, 7) is 4.36. The molecule has 0 saturated carbocycles. The zero-order chi connectivity index (χ0) is 13.1. The van der Waals surface area contributed by atoms with Crippen molar-refractivity contribution < 1.29 is 9.94 Å². The highest BCUT2D eigenvalue weighted by molar-refractivity contribution is 5.85. The summed E-state index contributed by atoms with van der Waals surface area (Å²) in [5.41, 5.74) is 1.09. The average molecular weight is 245 g/mol. The van der Waals surface area contributed by atoms with E-state index in [9.17, 15) is 10.0 Å². The molecular formula is C14H15NO3. The normalized spacial score (nSPS) is 10.3. The van der Waals surface area contributed by atoms with Crippen molar-refractivity contribution in [2.75, 3.05) is 6.61 Å². The summed E-state index contributed by atoms with van der Waals surface area (Å²) in [7, 11) is 0. The number of benzene rings is 1. The van der Waals surface area contributed by atoms with Gasteiger partial charge in [-0.3, -0.25) is 4.79 Å². The predicted octanol–water partition coefficient (Wildman–Crippen LogP) is 2.58. The maximum Gasteiger partial charge on any atom is 0.287 e. The van der Waals surface area contributed by atoms with E-state index in [1.54, 1.807) is 18.2 Å². The van der Waals surface area contributed by atoms with Gasteiger partial charge in [-0.05, 0) is 32.1 Å². The van der Waals surface area contributed by atoms with E-state index in [2.05, 4.69) is 0 Å². The molecule has 0 spiro atoms. The van der Waals surface area contributed by atoms with Crippen LogP contribution < -0.4 is 10.3 Å². The van der Waals surface area contributed by atoms with Gasteiger partial charge in [0.25, 0.3) is 5.56 Å². The third-order valence-electron chi connectivity index (χ3n) is 2.59. The van der Waals surface area contributed by atoms with Crippen molar-refractivity contribution in [2.24, 2.45) is 0 Å². The van der Waals surface area contributed by atoms with Gasteiger partial charge in [-0.2, -0.15) is 0 Å². The zero-order valence-corrected chi connectivity index (χ0v) is 10.4. The van der Waals surface area contributed by atoms with Crippen molar-refractivity contribution in [3.05, 3.63) is 52.3 Å². The molecule has 1 aromatic heterocycles. The summed E-state index contributed by atoms with van der Waals surface area (Å²) in [5, 5.41) is 10.3. The van der Waals surface area contributed by atoms with Crippen LogP contribution in [-0.4, -0.2) is 16.5 Å². The molecule has 4 nitrogen and oxygen atoms in total. The van der Waals surface area contributed by atoms with Crippen LogP contribution in [0.25, 0.3) is 10.9 Å². The summed E-state index contributed by atoms with van der Waals surface area (Å²) in [5.74, 6) is 0.485. The van der Waals surface area contributed by atoms with E-state index in [1.807, 2.05) is 26.0 Å². The number of nitrogens with zero attached hydrogens (tertiary/aromatic N) is 1. The monoisotopic (exact) mass is 245 g/mol. The highest BCUT2D eigenvalue weighted by atomic mass is 16.5. The Hall–Kier alpha value is -2.23. The fourth-order valence-corrected chi connectivity index (χ4v) is 1.65. The Morgan fingerprint density at radius 1 is 1.39 bits per heavy atom. The number of para-hydroxylation sites is 1. The average Bonchev–Trinajstić information content (AvgIpc) is 2.35. The van der Waals surface area contributed by atoms with Gasteiger partial charge in [0, 0.05) is 11.5 Å². The minimum atomic E-state index is -0.499. The molecule has 0 radical (unpaired) electrons. The quantitative estimate of drug-likeness (QED) is 0.668. The molecule has 1 N–H and O–H groups in total. The minimum Gasteiger partial charge on any atom is -0.489 e. The van der Waals surface area contributed by atoms with Gasteiger partial charge in [-0.15, -0.1) is 4.73 Å². The standard InChI is InChI=1S/C14H15NO3/c1-10(2)7-8-18-13-9-14(16)15(17)12-6-4-3-5-11(12)13/h3-7,9,17H,8H2,1-2H3. The molecule has 0 aliphatic heterocycles. The van der Waals surface area contributed by atoms with Gasteiger partial charge in [-0.1, -0.05) is 17.7 Å². The van der Waals surface area contributed by atoms with Crippen LogP contribution in [0.1, 0.15) is 13.8 Å². The van der Waals surface area contributed by atoms with E-state index in [0.717, 1.165) is 5.57 Å². The highest BCUT2D eigenvalue weighted by Crippen LogP contribution is 2.22. The molecule has 2 aromatic rings. The first-order chi connectivity index (χ1) is 8.59. The first-order valence-corrected chi connectivity index (χ1v) is 5.70. The molecule has 0 amide bonds. The zero-order valence-electron chi connectivity index (χ0n) is 10.4. The molecule has 0 saturated heterocycles. The van der Waals surface area contributed by atoms with Crippen molar-refractivity contribution in [1.29, 1.82) is 0 Å². The third kappa shape index (κ3) is 2.37. The number of fused-ring (bicyclic) bond motifs is 1. The van der Waals surface area contributed by atoms with Gasteiger partial charge < -0.3 is 9.94 Å². The highest BCUT2D eigenvalue weighted by Gasteiger charge is 2.07. The van der Waals surface area contributed by atoms with Crippen molar-refractivity contribution in [1.82, 2.24) is 4.73 Å². The van der Waals surface area contributed by atoms with Crippen LogP contribution in [0, 0.1) is 0 Å². The van der Waals surface area contributed by atoms with Crippen LogP contribution in [0.2, 0.25) is 0 Å². The number of rotatable bonds is 3. The third-order valence-corrected chi connectivity index (χ3v) is 2.59. The second-order valence-electron chi connectivity index (χ2n) is 4.27. The fourth-order valence-electron chi connectivity index (χ4n) is 1.65. The van der Waals surface area contributed by atoms with E-state index in [1.165, 1.54) is 6.07 Å². The molecule has 2 rings (SSSR count). The number of ether oxygens (including phenoxy) is 1. The number of pyridine rings is 1. The molecule has 4 heteroatoms. The molecular weight excluding hydrogens is 230 g/mol. The predicted molar refractivity (Wildman–Crippen MR) is 70.3 cm³/mol. The van der Waals surface area contributed by atoms with Crippen molar-refractivity contribution >= 4 is 10.9 Å². The maximum absolute atomic E-state index is 11.6. The van der Waals surface area contributed by atoms with Gasteiger partial charge in [0.1, 0.15) is 12.4 Å². The fraction of sp³-hybridized carbons (Fsp3) is 0.214. The molecule has 0 atom stereocenters. The molecule has 1 heterocycles. The molecule has 0 fully saturated rings. The summed E-state index contributed by atoms with van der Waals surface area (Å²) in [6, 6.07) is 8.36. The topological polar surface area (TPSA) is 51.5 Å². The van der Waals surface area contributed by atoms with E-state index in [4.69, 9.17) is 4.74 Å². The number of aromatic nitrogens is 1. The molecule has 18 heavy (non-hydrogen) atoms. The molecule has 1 aromatic carbocycles. The Balaban J connectivity index is 2.47. The first-order valence-electron chi connectivity index (χ1n) is 5.70. The van der Waals surface area contributed by atoms with E-state index >= 15 is 0 Å². The minimum absolute atomic E-state index is 0.404. The number of hydrogen-bond acceptors (Lipinski definition) is 3. The summed E-state index contributed by atoms with van der Waals surface area (Å²) >= 11 is 0. The van der Waals surface area contributed by atoms with Crippen molar-refractivity contribution in [2.45, 2.75) is 13.8 Å². The molecule has 94 valence electrons. The Labute approximate surface area is 105 Å². The summed E-state index contributed by atoms with van der Waals surface area (Å²) < 4.78 is 6.19. The van der Waals surface area contributed by atoms with Crippen LogP contribution in [0.15, 0.2) is 46.8 Å². The summed E-state index contributed by atoms with van der Waals surface area (Å²) in [6.07, 6.45) is 1.93. The Bertz CT molecular complexity index is 652. The van der Waals surface area contributed by atoms with Gasteiger partial charge in [0.05, 0.1) is 5.52 Å². The smallest absolute Gasteiger partial charge is 0.287 e. The van der Waals surface area contributed by atoms with Crippen LogP contribution in [0.5, 0.6) is 5.75 Å². The Morgan fingerprint density at radius 2 is 2.11 bits per heavy atom. The SMILES string of the molecule is CC(C)=CCOc1cc(=O)n(O)c2ccccc12. The van der Waals surface area contributed by atoms with Crippen LogP contribution in [0.3, 0.4) is 0 Å². The van der Waals surface area contributed by atoms with Crippen LogP contribution >= 0.6 is 0 Å². The maximum atomic E-state index is 11.6. The first kappa shape index (κ1) is 12.2. The lowest BCUT2D eigenvalue weighted by atomic mass is 10.2. The van der Waals surface area contributed by atoms with E-state index in [-0.39, 0.29) is 0 Å². The summed E-state index contributed by atoms with van der Waals surface area (Å²) in [4.78, 5) is 11.6. The van der Waals surface area contributed by atoms with E-state index < -0.39 is 5.56 Å². The van der Waals surface area contributed by atoms with E-state index in [0.29, 0.717) is 28.0 Å². The van der Waals surface area contributed by atoms with Gasteiger partial charge in [0.2, 0.25) is 0 Å². The molecule has 0 aliphatic rings. The number of allylic oxidation sites excluding steroid dienone is 1. The Kier molecular flexibility index (Phi) is 3.37. The van der Waals surface area contributed by atoms with Crippen LogP contribution in [-0.2, 0) is 0 Å². The van der Waals surface area contributed by atoms with Crippen LogP contribution in [0.4, 0.5) is 0 Å². The van der Waals surface area contributed by atoms with Gasteiger partial charge >= 0.3 is 0 Å². The van der Waals surface area contributed by atoms with Gasteiger partial charge in [-0.25, -0.2) is 0 Å². The number of hydrogen-bond donors (Lipinski definition) is 1. The lowest BCUT2D eigenvalue weighted by Crippen LogP contribution is -2.17. The molecule has 0 bridgehead atoms. The lowest BCUT2D eigenvalue weighted by molar-refractivity contribution is 0.187. The Morgan fingerprint density at radius 3 is 2.83 bits per heavy atom. The largest absolute Gasteiger partial charge is 0.489 e. The second-order valence-corrected chi connectivity index (χ2v) is 4.27. The lowest BCUT2D eigenvalue weighted by Gasteiger charge is -2.09. The van der Waals surface area contributed by atoms with Crippen molar-refractivity contribution in [3.8, 4) is 5.75 Å². The van der Waals surface area contributed by atoms with Gasteiger partial charge in [0.15, 0.2) is 0 Å². The van der Waals surface area contributed by atoms with Crippen molar-refractivity contribution in [3.63, 3.8) is 0 Å². The molecule has 0 aliphatic carbocycles.